The summed E-state index contributed by atoms with van der Waals surface area (Å²) in [6.07, 6.45) is 2.78. The number of nitrogens with zero attached hydrogens (tertiary/aromatic N) is 2. The Morgan fingerprint density at radius 3 is 2.95 bits per heavy atom. The van der Waals surface area contributed by atoms with Crippen molar-refractivity contribution < 1.29 is 0 Å². The van der Waals surface area contributed by atoms with Crippen molar-refractivity contribution in [2.45, 2.75) is 32.4 Å². The fourth-order valence-electron chi connectivity index (χ4n) is 3.42. The van der Waals surface area contributed by atoms with Crippen LogP contribution in [0.4, 0.5) is 0 Å². The highest BCUT2D eigenvalue weighted by molar-refractivity contribution is 7.71. The number of benzene rings is 1. The minimum atomic E-state index is 0.400. The van der Waals surface area contributed by atoms with Crippen molar-refractivity contribution >= 4 is 34.9 Å². The van der Waals surface area contributed by atoms with Crippen LogP contribution in [0.2, 0.25) is 5.02 Å². The van der Waals surface area contributed by atoms with E-state index >= 15 is 0 Å². The normalized spacial score (nSPS) is 23.2. The third-order valence-electron chi connectivity index (χ3n) is 4.43. The average molecular weight is 308 g/mol. The molecule has 1 fully saturated rings. The molecule has 4 rings (SSSR count). The molecule has 0 saturated heterocycles. The molecule has 106 valence electrons. The molecule has 1 aromatic carbocycles. The van der Waals surface area contributed by atoms with E-state index in [4.69, 9.17) is 23.8 Å². The Hall–Kier alpha value is -0.840. The van der Waals surface area contributed by atoms with E-state index in [0.29, 0.717) is 6.04 Å². The summed E-state index contributed by atoms with van der Waals surface area (Å²) >= 11 is 11.8. The van der Waals surface area contributed by atoms with Crippen LogP contribution in [-0.4, -0.2) is 27.5 Å². The largest absolute Gasteiger partial charge is 0.331 e. The van der Waals surface area contributed by atoms with E-state index in [1.807, 2.05) is 6.07 Å². The van der Waals surface area contributed by atoms with Crippen molar-refractivity contribution in [2.75, 3.05) is 13.1 Å². The molecule has 1 aliphatic carbocycles. The monoisotopic (exact) mass is 307 g/mol. The van der Waals surface area contributed by atoms with E-state index in [2.05, 4.69) is 27.4 Å². The molecule has 3 nitrogen and oxygen atoms in total. The van der Waals surface area contributed by atoms with Crippen LogP contribution < -0.4 is 0 Å². The van der Waals surface area contributed by atoms with E-state index in [9.17, 15) is 0 Å². The van der Waals surface area contributed by atoms with Crippen LogP contribution in [0.5, 0.6) is 0 Å². The lowest BCUT2D eigenvalue weighted by Crippen LogP contribution is -2.29. The Morgan fingerprint density at radius 2 is 2.20 bits per heavy atom. The van der Waals surface area contributed by atoms with Crippen LogP contribution in [0.25, 0.3) is 11.0 Å². The van der Waals surface area contributed by atoms with Gasteiger partial charge in [-0.2, -0.15) is 0 Å². The van der Waals surface area contributed by atoms with Gasteiger partial charge in [0.2, 0.25) is 0 Å². The third-order valence-corrected chi connectivity index (χ3v) is 4.94. The van der Waals surface area contributed by atoms with E-state index < -0.39 is 0 Å². The maximum atomic E-state index is 6.26. The number of rotatable bonds is 2. The summed E-state index contributed by atoms with van der Waals surface area (Å²) in [6, 6.07) is 4.48. The Bertz CT molecular complexity index is 729. The lowest BCUT2D eigenvalue weighted by Gasteiger charge is -2.23. The van der Waals surface area contributed by atoms with Crippen LogP contribution in [0.15, 0.2) is 12.1 Å². The van der Waals surface area contributed by atoms with Crippen molar-refractivity contribution in [1.82, 2.24) is 14.5 Å². The highest BCUT2D eigenvalue weighted by Crippen LogP contribution is 2.34. The first kappa shape index (κ1) is 12.9. The van der Waals surface area contributed by atoms with Gasteiger partial charge in [-0.25, -0.2) is 0 Å². The summed E-state index contributed by atoms with van der Waals surface area (Å²) in [7, 11) is 0. The van der Waals surface area contributed by atoms with Gasteiger partial charge in [0.25, 0.3) is 0 Å². The summed E-state index contributed by atoms with van der Waals surface area (Å²) in [5.74, 6) is 0.906. The van der Waals surface area contributed by atoms with Crippen LogP contribution in [0.3, 0.4) is 0 Å². The zero-order valence-corrected chi connectivity index (χ0v) is 13.1. The maximum Gasteiger partial charge on any atom is 0.178 e. The minimum Gasteiger partial charge on any atom is -0.331 e. The molecule has 1 N–H and O–H groups in total. The highest BCUT2D eigenvalue weighted by atomic mass is 35.5. The number of hydrogen-bond acceptors (Lipinski definition) is 2. The summed E-state index contributed by atoms with van der Waals surface area (Å²) < 4.78 is 3.08. The second-order valence-electron chi connectivity index (χ2n) is 6.25. The van der Waals surface area contributed by atoms with E-state index in [1.54, 1.807) is 0 Å². The molecule has 2 aliphatic rings. The first-order valence-corrected chi connectivity index (χ1v) is 8.05. The number of nitrogens with one attached hydrogen (secondary N) is 1. The first-order valence-electron chi connectivity index (χ1n) is 7.27. The lowest BCUT2D eigenvalue weighted by atomic mass is 10.1. The van der Waals surface area contributed by atoms with Crippen molar-refractivity contribution in [3.63, 3.8) is 0 Å². The van der Waals surface area contributed by atoms with Gasteiger partial charge >= 0.3 is 0 Å². The quantitative estimate of drug-likeness (QED) is 0.843. The molecule has 1 aliphatic heterocycles. The van der Waals surface area contributed by atoms with Crippen LogP contribution in [0.1, 0.15) is 31.4 Å². The predicted octanol–water partition coefficient (Wildman–Crippen LogP) is 4.14. The molecule has 0 unspecified atom stereocenters. The molecule has 2 heterocycles. The lowest BCUT2D eigenvalue weighted by molar-refractivity contribution is 0.230. The molecule has 1 aromatic heterocycles. The van der Waals surface area contributed by atoms with Crippen LogP contribution in [0, 0.1) is 10.7 Å². The molecule has 1 atom stereocenters. The molecule has 1 saturated carbocycles. The van der Waals surface area contributed by atoms with Gasteiger partial charge in [-0.15, -0.1) is 0 Å². The SMILES string of the molecule is C[C@H]1CN(CC2CC2)Cc2cc(Cl)cc3[nH]c(=S)n1c23. The van der Waals surface area contributed by atoms with Gasteiger partial charge in [0.15, 0.2) is 4.77 Å². The second kappa shape index (κ2) is 4.58. The fourth-order valence-corrected chi connectivity index (χ4v) is 4.04. The predicted molar refractivity (Wildman–Crippen MR) is 84.8 cm³/mol. The number of H-pyrrole nitrogens is 1. The molecule has 5 heteroatoms. The van der Waals surface area contributed by atoms with Gasteiger partial charge in [0, 0.05) is 30.7 Å². The highest BCUT2D eigenvalue weighted by Gasteiger charge is 2.28. The Kier molecular flexibility index (Phi) is 2.95. The van der Waals surface area contributed by atoms with Gasteiger partial charge in [-0.3, -0.25) is 4.90 Å². The van der Waals surface area contributed by atoms with E-state index in [-0.39, 0.29) is 0 Å². The van der Waals surface area contributed by atoms with Gasteiger partial charge in [-0.05, 0) is 55.6 Å². The summed E-state index contributed by atoms with van der Waals surface area (Å²) in [5, 5.41) is 0.789. The number of aromatic nitrogens is 2. The number of halogens is 1. The van der Waals surface area contributed by atoms with Crippen molar-refractivity contribution in [3.8, 4) is 0 Å². The summed E-state index contributed by atoms with van der Waals surface area (Å²) in [4.78, 5) is 5.87. The summed E-state index contributed by atoms with van der Waals surface area (Å²) in [6.45, 7) is 5.50. The third kappa shape index (κ3) is 2.10. The fraction of sp³-hybridized carbons (Fsp3) is 0.533. The number of hydrogen-bond donors (Lipinski definition) is 1. The van der Waals surface area contributed by atoms with Crippen molar-refractivity contribution in [2.24, 2.45) is 5.92 Å². The Labute approximate surface area is 128 Å². The molecule has 2 aromatic rings. The van der Waals surface area contributed by atoms with Crippen molar-refractivity contribution in [1.29, 1.82) is 0 Å². The standard InChI is InChI=1S/C15H18ClN3S/c1-9-6-18(7-10-2-3-10)8-11-4-12(16)5-13-14(11)19(9)15(20)17-13/h4-5,9-10H,2-3,6-8H2,1H3,(H,17,20)/t9-/m0/s1. The number of aromatic amines is 1. The van der Waals surface area contributed by atoms with Gasteiger partial charge < -0.3 is 9.55 Å². The minimum absolute atomic E-state index is 0.400. The molecule has 0 bridgehead atoms. The zero-order valence-electron chi connectivity index (χ0n) is 11.5. The topological polar surface area (TPSA) is 24.0 Å². The van der Waals surface area contributed by atoms with E-state index in [0.717, 1.165) is 34.3 Å². The molecule has 0 radical (unpaired) electrons. The van der Waals surface area contributed by atoms with Gasteiger partial charge in [0.1, 0.15) is 0 Å². The first-order chi connectivity index (χ1) is 9.61. The average Bonchev–Trinajstić information content (AvgIpc) is 3.11. The van der Waals surface area contributed by atoms with Crippen molar-refractivity contribution in [3.05, 3.63) is 27.5 Å². The molecule has 0 amide bonds. The van der Waals surface area contributed by atoms with Crippen LogP contribution in [-0.2, 0) is 6.54 Å². The zero-order chi connectivity index (χ0) is 13.9. The maximum absolute atomic E-state index is 6.26. The molecule has 0 spiro atoms. The summed E-state index contributed by atoms with van der Waals surface area (Å²) in [5.41, 5.74) is 3.60. The molecular formula is C15H18ClN3S. The van der Waals surface area contributed by atoms with Crippen LogP contribution >= 0.6 is 23.8 Å². The molecular weight excluding hydrogens is 290 g/mol. The number of imidazole rings is 1. The second-order valence-corrected chi connectivity index (χ2v) is 7.07. The van der Waals surface area contributed by atoms with Gasteiger partial charge in [0.05, 0.1) is 11.0 Å². The molecule has 20 heavy (non-hydrogen) atoms. The van der Waals surface area contributed by atoms with E-state index in [1.165, 1.54) is 30.5 Å². The smallest absolute Gasteiger partial charge is 0.178 e. The van der Waals surface area contributed by atoms with Gasteiger partial charge in [-0.1, -0.05) is 11.6 Å². The Balaban J connectivity index is 1.86. The Morgan fingerprint density at radius 1 is 1.40 bits per heavy atom.